The summed E-state index contributed by atoms with van der Waals surface area (Å²) in [6.45, 7) is 4.19. The minimum absolute atomic E-state index is 0.00691. The van der Waals surface area contributed by atoms with Gasteiger partial charge in [-0.3, -0.25) is 4.79 Å². The molecule has 0 aliphatic carbocycles. The van der Waals surface area contributed by atoms with Crippen molar-refractivity contribution < 1.29 is 4.79 Å². The van der Waals surface area contributed by atoms with Crippen molar-refractivity contribution in [2.24, 2.45) is 0 Å². The van der Waals surface area contributed by atoms with Gasteiger partial charge in [0.1, 0.15) is 10.0 Å². The van der Waals surface area contributed by atoms with E-state index in [2.05, 4.69) is 25.2 Å². The standard InChI is InChI=1S/C21H18N2OS3/c1-13-14(2)26-21(23-18(24)12-25-15-8-4-3-5-9-15)19(13)20-22-16-10-6-7-11-17(16)27-20/h3-11H,12H2,1-2H3,(H,23,24). The number of hydrogen-bond donors (Lipinski definition) is 1. The van der Waals surface area contributed by atoms with Crippen LogP contribution in [0, 0.1) is 13.8 Å². The summed E-state index contributed by atoms with van der Waals surface area (Å²) in [7, 11) is 0. The number of thiophene rings is 1. The van der Waals surface area contributed by atoms with E-state index in [1.165, 1.54) is 10.4 Å². The molecule has 2 aromatic heterocycles. The van der Waals surface area contributed by atoms with Crippen LogP contribution in [0.15, 0.2) is 59.5 Å². The third kappa shape index (κ3) is 3.93. The van der Waals surface area contributed by atoms with Gasteiger partial charge in [-0.15, -0.1) is 34.4 Å². The molecule has 1 amide bonds. The van der Waals surface area contributed by atoms with E-state index in [1.54, 1.807) is 34.4 Å². The number of rotatable bonds is 5. The molecule has 4 rings (SSSR count). The maximum atomic E-state index is 12.5. The Kier molecular flexibility index (Phi) is 5.29. The number of para-hydroxylation sites is 1. The Morgan fingerprint density at radius 3 is 2.56 bits per heavy atom. The van der Waals surface area contributed by atoms with Crippen LogP contribution in [0.25, 0.3) is 20.8 Å². The zero-order chi connectivity index (χ0) is 18.8. The summed E-state index contributed by atoms with van der Waals surface area (Å²) in [5, 5.41) is 4.96. The van der Waals surface area contributed by atoms with Gasteiger partial charge in [-0.25, -0.2) is 4.98 Å². The van der Waals surface area contributed by atoms with Crippen molar-refractivity contribution in [1.82, 2.24) is 4.98 Å². The number of nitrogens with zero attached hydrogens (tertiary/aromatic N) is 1. The van der Waals surface area contributed by atoms with E-state index in [0.29, 0.717) is 5.75 Å². The fraction of sp³-hybridized carbons (Fsp3) is 0.143. The number of carbonyl (C=O) groups is 1. The Morgan fingerprint density at radius 2 is 1.78 bits per heavy atom. The summed E-state index contributed by atoms with van der Waals surface area (Å²) in [6, 6.07) is 18.1. The predicted molar refractivity (Wildman–Crippen MR) is 118 cm³/mol. The predicted octanol–water partition coefficient (Wildman–Crippen LogP) is 6.37. The molecule has 3 nitrogen and oxygen atoms in total. The molecule has 2 aromatic carbocycles. The molecule has 6 heteroatoms. The number of thiazole rings is 1. The zero-order valence-electron chi connectivity index (χ0n) is 15.0. The lowest BCUT2D eigenvalue weighted by atomic mass is 10.1. The van der Waals surface area contributed by atoms with Crippen molar-refractivity contribution >= 4 is 55.6 Å². The van der Waals surface area contributed by atoms with E-state index < -0.39 is 0 Å². The number of nitrogens with one attached hydrogen (secondary N) is 1. The van der Waals surface area contributed by atoms with Crippen LogP contribution in [0.4, 0.5) is 5.00 Å². The van der Waals surface area contributed by atoms with Crippen molar-refractivity contribution in [3.63, 3.8) is 0 Å². The Labute approximate surface area is 170 Å². The average molecular weight is 411 g/mol. The minimum atomic E-state index is 0.00691. The molecule has 0 saturated carbocycles. The highest BCUT2D eigenvalue weighted by molar-refractivity contribution is 8.00. The molecule has 0 unspecified atom stereocenters. The summed E-state index contributed by atoms with van der Waals surface area (Å²) in [5.74, 6) is 0.395. The normalized spacial score (nSPS) is 11.0. The average Bonchev–Trinajstić information content (AvgIpc) is 3.21. The number of thioether (sulfide) groups is 1. The van der Waals surface area contributed by atoms with Gasteiger partial charge in [-0.05, 0) is 43.7 Å². The van der Waals surface area contributed by atoms with Crippen molar-refractivity contribution in [3.8, 4) is 10.6 Å². The number of amides is 1. The number of aromatic nitrogens is 1. The van der Waals surface area contributed by atoms with Crippen LogP contribution in [0.5, 0.6) is 0 Å². The number of hydrogen-bond acceptors (Lipinski definition) is 5. The lowest BCUT2D eigenvalue weighted by Gasteiger charge is -2.06. The first kappa shape index (κ1) is 18.2. The summed E-state index contributed by atoms with van der Waals surface area (Å²) in [6.07, 6.45) is 0. The second kappa shape index (κ2) is 7.84. The number of aryl methyl sites for hydroxylation is 1. The molecular formula is C21H18N2OS3. The topological polar surface area (TPSA) is 42.0 Å². The Hall–Kier alpha value is -2.15. The molecule has 136 valence electrons. The lowest BCUT2D eigenvalue weighted by molar-refractivity contribution is -0.113. The highest BCUT2D eigenvalue weighted by Gasteiger charge is 2.19. The number of anilines is 1. The van der Waals surface area contributed by atoms with Crippen LogP contribution in [0.3, 0.4) is 0 Å². The van der Waals surface area contributed by atoms with E-state index >= 15 is 0 Å². The van der Waals surface area contributed by atoms with E-state index in [-0.39, 0.29) is 5.91 Å². The van der Waals surface area contributed by atoms with Crippen LogP contribution >= 0.6 is 34.4 Å². The van der Waals surface area contributed by atoms with Crippen molar-refractivity contribution in [1.29, 1.82) is 0 Å². The van der Waals surface area contributed by atoms with Gasteiger partial charge in [-0.2, -0.15) is 0 Å². The number of fused-ring (bicyclic) bond motifs is 1. The van der Waals surface area contributed by atoms with Crippen LogP contribution in [0.1, 0.15) is 10.4 Å². The van der Waals surface area contributed by atoms with Gasteiger partial charge in [0.15, 0.2) is 0 Å². The molecule has 2 heterocycles. The van der Waals surface area contributed by atoms with Crippen LogP contribution in [-0.2, 0) is 4.79 Å². The molecule has 0 fully saturated rings. The van der Waals surface area contributed by atoms with E-state index in [0.717, 1.165) is 30.7 Å². The number of carbonyl (C=O) groups excluding carboxylic acids is 1. The second-order valence-electron chi connectivity index (χ2n) is 6.12. The fourth-order valence-electron chi connectivity index (χ4n) is 2.78. The molecule has 0 aliphatic rings. The van der Waals surface area contributed by atoms with E-state index in [1.807, 2.05) is 48.5 Å². The largest absolute Gasteiger partial charge is 0.316 e. The van der Waals surface area contributed by atoms with Gasteiger partial charge in [0.2, 0.25) is 5.91 Å². The summed E-state index contributed by atoms with van der Waals surface area (Å²) in [4.78, 5) is 19.6. The van der Waals surface area contributed by atoms with Crippen LogP contribution < -0.4 is 5.32 Å². The van der Waals surface area contributed by atoms with Crippen molar-refractivity contribution in [2.75, 3.05) is 11.1 Å². The molecular weight excluding hydrogens is 392 g/mol. The first-order valence-electron chi connectivity index (χ1n) is 8.55. The van der Waals surface area contributed by atoms with Gasteiger partial charge >= 0.3 is 0 Å². The molecule has 1 N–H and O–H groups in total. The van der Waals surface area contributed by atoms with Crippen molar-refractivity contribution in [2.45, 2.75) is 18.7 Å². The monoisotopic (exact) mass is 410 g/mol. The van der Waals surface area contributed by atoms with Gasteiger partial charge in [-0.1, -0.05) is 30.3 Å². The third-order valence-corrected chi connectivity index (χ3v) is 7.45. The third-order valence-electron chi connectivity index (χ3n) is 4.26. The Bertz CT molecular complexity index is 1070. The maximum Gasteiger partial charge on any atom is 0.235 e. The Balaban J connectivity index is 1.58. The lowest BCUT2D eigenvalue weighted by Crippen LogP contribution is -2.13. The summed E-state index contributed by atoms with van der Waals surface area (Å²) >= 11 is 4.83. The van der Waals surface area contributed by atoms with Gasteiger partial charge < -0.3 is 5.32 Å². The minimum Gasteiger partial charge on any atom is -0.316 e. The van der Waals surface area contributed by atoms with Gasteiger partial charge in [0.05, 0.1) is 16.0 Å². The van der Waals surface area contributed by atoms with Crippen molar-refractivity contribution in [3.05, 3.63) is 65.0 Å². The maximum absolute atomic E-state index is 12.5. The molecule has 0 spiro atoms. The van der Waals surface area contributed by atoms with Crippen LogP contribution in [-0.4, -0.2) is 16.6 Å². The molecule has 0 saturated heterocycles. The quantitative estimate of drug-likeness (QED) is 0.389. The highest BCUT2D eigenvalue weighted by Crippen LogP contribution is 2.43. The molecule has 27 heavy (non-hydrogen) atoms. The van der Waals surface area contributed by atoms with Gasteiger partial charge in [0, 0.05) is 15.3 Å². The molecule has 0 atom stereocenters. The molecule has 0 aliphatic heterocycles. The van der Waals surface area contributed by atoms with Gasteiger partial charge in [0.25, 0.3) is 0 Å². The molecule has 0 bridgehead atoms. The first-order valence-corrected chi connectivity index (χ1v) is 11.2. The first-order chi connectivity index (χ1) is 13.1. The highest BCUT2D eigenvalue weighted by atomic mass is 32.2. The second-order valence-corrected chi connectivity index (χ2v) is 9.43. The fourth-order valence-corrected chi connectivity index (χ4v) is 5.72. The van der Waals surface area contributed by atoms with E-state index in [4.69, 9.17) is 4.98 Å². The molecule has 0 radical (unpaired) electrons. The smallest absolute Gasteiger partial charge is 0.235 e. The summed E-state index contributed by atoms with van der Waals surface area (Å²) < 4.78 is 1.16. The number of benzene rings is 2. The van der Waals surface area contributed by atoms with Crippen LogP contribution in [0.2, 0.25) is 0 Å². The SMILES string of the molecule is Cc1sc(NC(=O)CSc2ccccc2)c(-c2nc3ccccc3s2)c1C. The Morgan fingerprint density at radius 1 is 1.04 bits per heavy atom. The summed E-state index contributed by atoms with van der Waals surface area (Å²) in [5.41, 5.74) is 3.24. The van der Waals surface area contributed by atoms with E-state index in [9.17, 15) is 4.79 Å². The molecule has 4 aromatic rings. The zero-order valence-corrected chi connectivity index (χ0v) is 17.4.